The van der Waals surface area contributed by atoms with Gasteiger partial charge < -0.3 is 10.8 Å². The summed E-state index contributed by atoms with van der Waals surface area (Å²) in [4.78, 5) is 24.8. The van der Waals surface area contributed by atoms with Crippen LogP contribution in [0.1, 0.15) is 30.0 Å². The van der Waals surface area contributed by atoms with E-state index in [1.54, 1.807) is 18.5 Å². The molecule has 5 rings (SSSR count). The highest BCUT2D eigenvalue weighted by Gasteiger charge is 2.49. The first-order chi connectivity index (χ1) is 16.9. The molecular weight excluding hydrogens is 447 g/mol. The number of carbonyl (C=O) groups is 1. The molecule has 1 unspecified atom stereocenters. The largest absolute Gasteiger partial charge is 0.481 e. The number of nitriles is 1. The number of aliphatic carboxylic acids is 1. The maximum Gasteiger partial charge on any atom is 0.300 e. The standard InChI is InChI=1S/C24H19FN6.C2H4O2/c25-21-6-5-16(15-26)13-20(21)17-3-1-4-19(14-17)24(18-7-10-28-11-8-18)22-29-9-2-12-31(22)23(27)30-24;1-2(3)4/h1,3-8,10-11,13-14H,2,9,12H2,(H2,27,30);1H3,(H,3,4). The Kier molecular flexibility index (Phi) is 6.55. The molecule has 0 radical (unpaired) electrons. The second-order valence-electron chi connectivity index (χ2n) is 8.03. The number of amidine groups is 1. The van der Waals surface area contributed by atoms with Crippen LogP contribution in [0.25, 0.3) is 11.1 Å². The number of rotatable bonds is 3. The van der Waals surface area contributed by atoms with E-state index in [1.165, 1.54) is 12.1 Å². The highest BCUT2D eigenvalue weighted by molar-refractivity contribution is 6.12. The number of hydrogen-bond donors (Lipinski definition) is 2. The highest BCUT2D eigenvalue weighted by Crippen LogP contribution is 2.42. The van der Waals surface area contributed by atoms with Crippen LogP contribution < -0.4 is 5.73 Å². The Morgan fingerprint density at radius 2 is 1.91 bits per heavy atom. The van der Waals surface area contributed by atoms with Crippen molar-refractivity contribution < 1.29 is 14.3 Å². The number of fused-ring (bicyclic) bond motifs is 1. The van der Waals surface area contributed by atoms with Crippen molar-refractivity contribution in [1.29, 1.82) is 5.26 Å². The molecule has 0 spiro atoms. The first-order valence-corrected chi connectivity index (χ1v) is 10.9. The average molecular weight is 471 g/mol. The van der Waals surface area contributed by atoms with Crippen LogP contribution in [0.3, 0.4) is 0 Å². The zero-order valence-corrected chi connectivity index (χ0v) is 19.0. The second-order valence-corrected chi connectivity index (χ2v) is 8.03. The van der Waals surface area contributed by atoms with Gasteiger partial charge in [-0.1, -0.05) is 18.2 Å². The molecule has 3 aromatic rings. The summed E-state index contributed by atoms with van der Waals surface area (Å²) in [7, 11) is 0. The molecule has 8 nitrogen and oxygen atoms in total. The third-order valence-electron chi connectivity index (χ3n) is 5.72. The molecular formula is C26H23FN6O2. The molecule has 0 saturated carbocycles. The van der Waals surface area contributed by atoms with E-state index in [0.29, 0.717) is 29.2 Å². The van der Waals surface area contributed by atoms with Crippen molar-refractivity contribution in [3.8, 4) is 17.2 Å². The molecule has 0 fully saturated rings. The number of benzene rings is 2. The summed E-state index contributed by atoms with van der Waals surface area (Å²) >= 11 is 0. The van der Waals surface area contributed by atoms with Gasteiger partial charge in [-0.05, 0) is 59.5 Å². The fourth-order valence-corrected chi connectivity index (χ4v) is 4.29. The Hall–Kier alpha value is -4.58. The number of carboxylic acids is 1. The minimum atomic E-state index is -0.938. The van der Waals surface area contributed by atoms with Gasteiger partial charge in [0.25, 0.3) is 5.97 Å². The summed E-state index contributed by atoms with van der Waals surface area (Å²) in [6, 6.07) is 17.8. The van der Waals surface area contributed by atoms with Gasteiger partial charge in [0.05, 0.1) is 11.6 Å². The third kappa shape index (κ3) is 4.46. The number of nitrogens with two attached hydrogens (primary N) is 1. The summed E-state index contributed by atoms with van der Waals surface area (Å²) < 4.78 is 14.7. The lowest BCUT2D eigenvalue weighted by atomic mass is 9.81. The average Bonchev–Trinajstić information content (AvgIpc) is 3.18. The number of carboxylic acid groups (broad SMARTS) is 1. The van der Waals surface area contributed by atoms with Gasteiger partial charge in [-0.15, -0.1) is 0 Å². The Labute approximate surface area is 201 Å². The van der Waals surface area contributed by atoms with Crippen molar-refractivity contribution >= 4 is 17.8 Å². The number of aromatic nitrogens is 1. The summed E-state index contributed by atoms with van der Waals surface area (Å²) in [6.45, 7) is 2.53. The normalized spacial score (nSPS) is 18.4. The molecule has 2 aromatic carbocycles. The molecule has 0 aliphatic carbocycles. The van der Waals surface area contributed by atoms with E-state index in [1.807, 2.05) is 41.3 Å². The van der Waals surface area contributed by atoms with E-state index in [-0.39, 0.29) is 5.82 Å². The van der Waals surface area contributed by atoms with Crippen LogP contribution in [0.2, 0.25) is 0 Å². The minimum absolute atomic E-state index is 0.364. The molecule has 35 heavy (non-hydrogen) atoms. The van der Waals surface area contributed by atoms with Crippen LogP contribution in [0.5, 0.6) is 0 Å². The van der Waals surface area contributed by atoms with Crippen molar-refractivity contribution in [1.82, 2.24) is 9.88 Å². The fraction of sp³-hybridized carbons (Fsp3) is 0.192. The molecule has 0 amide bonds. The van der Waals surface area contributed by atoms with Gasteiger partial charge in [-0.2, -0.15) is 5.26 Å². The Morgan fingerprint density at radius 1 is 1.17 bits per heavy atom. The number of halogens is 1. The molecule has 3 heterocycles. The Bertz CT molecular complexity index is 1360. The lowest BCUT2D eigenvalue weighted by Crippen LogP contribution is -2.46. The van der Waals surface area contributed by atoms with Crippen molar-refractivity contribution in [2.24, 2.45) is 15.7 Å². The maximum atomic E-state index is 14.7. The van der Waals surface area contributed by atoms with E-state index >= 15 is 0 Å². The molecule has 176 valence electrons. The fourth-order valence-electron chi connectivity index (χ4n) is 4.29. The van der Waals surface area contributed by atoms with Crippen LogP contribution in [-0.2, 0) is 10.3 Å². The van der Waals surface area contributed by atoms with Gasteiger partial charge in [0.15, 0.2) is 11.5 Å². The second kappa shape index (κ2) is 9.73. The lowest BCUT2D eigenvalue weighted by molar-refractivity contribution is -0.134. The van der Waals surface area contributed by atoms with E-state index in [4.69, 9.17) is 25.6 Å². The van der Waals surface area contributed by atoms with E-state index in [0.717, 1.165) is 36.9 Å². The van der Waals surface area contributed by atoms with Gasteiger partial charge >= 0.3 is 0 Å². The van der Waals surface area contributed by atoms with Crippen molar-refractivity contribution in [2.75, 3.05) is 13.1 Å². The van der Waals surface area contributed by atoms with Gasteiger partial charge in [0.1, 0.15) is 11.7 Å². The number of nitrogens with zero attached hydrogens (tertiary/aromatic N) is 5. The molecule has 0 bridgehead atoms. The molecule has 9 heteroatoms. The highest BCUT2D eigenvalue weighted by atomic mass is 19.1. The Morgan fingerprint density at radius 3 is 2.63 bits per heavy atom. The van der Waals surface area contributed by atoms with Crippen LogP contribution in [0.15, 0.2) is 77.0 Å². The quantitative estimate of drug-likeness (QED) is 0.603. The number of hydrogen-bond acceptors (Lipinski definition) is 7. The predicted octanol–water partition coefficient (Wildman–Crippen LogP) is 3.53. The maximum absolute atomic E-state index is 14.7. The van der Waals surface area contributed by atoms with Crippen molar-refractivity contribution in [3.05, 3.63) is 89.5 Å². The SMILES string of the molecule is CC(=O)O.N#Cc1ccc(F)c(-c2cccc(C3(c4ccncc4)N=C(N)N4CCCN=C43)c2)c1. The van der Waals surface area contributed by atoms with Gasteiger partial charge in [0.2, 0.25) is 0 Å². The summed E-state index contributed by atoms with van der Waals surface area (Å²) in [5, 5.41) is 16.7. The summed E-state index contributed by atoms with van der Waals surface area (Å²) in [6.07, 6.45) is 4.34. The zero-order chi connectivity index (χ0) is 25.0. The molecule has 2 aliphatic rings. The van der Waals surface area contributed by atoms with Crippen LogP contribution >= 0.6 is 0 Å². The van der Waals surface area contributed by atoms with E-state index in [9.17, 15) is 9.65 Å². The molecule has 0 saturated heterocycles. The minimum Gasteiger partial charge on any atom is -0.481 e. The zero-order valence-electron chi connectivity index (χ0n) is 19.0. The summed E-state index contributed by atoms with van der Waals surface area (Å²) in [5.74, 6) is -0.0376. The first kappa shape index (κ1) is 23.6. The van der Waals surface area contributed by atoms with Crippen LogP contribution in [-0.4, -0.2) is 45.8 Å². The van der Waals surface area contributed by atoms with E-state index < -0.39 is 11.5 Å². The summed E-state index contributed by atoms with van der Waals surface area (Å²) in [5.41, 5.74) is 8.53. The lowest BCUT2D eigenvalue weighted by Gasteiger charge is -2.33. The van der Waals surface area contributed by atoms with E-state index in [2.05, 4.69) is 11.1 Å². The molecule has 2 aliphatic heterocycles. The predicted molar refractivity (Wildman–Crippen MR) is 130 cm³/mol. The first-order valence-electron chi connectivity index (χ1n) is 10.9. The monoisotopic (exact) mass is 470 g/mol. The molecule has 1 atom stereocenters. The van der Waals surface area contributed by atoms with Crippen LogP contribution in [0.4, 0.5) is 4.39 Å². The number of pyridine rings is 1. The topological polar surface area (TPSA) is 128 Å². The number of guanidine groups is 1. The van der Waals surface area contributed by atoms with Crippen molar-refractivity contribution in [2.45, 2.75) is 18.9 Å². The molecule has 3 N–H and O–H groups in total. The van der Waals surface area contributed by atoms with Crippen LogP contribution in [0, 0.1) is 17.1 Å². The van der Waals surface area contributed by atoms with Gasteiger partial charge in [0, 0.05) is 38.0 Å². The van der Waals surface area contributed by atoms with Gasteiger partial charge in [-0.25, -0.2) is 9.38 Å². The third-order valence-corrected chi connectivity index (χ3v) is 5.72. The number of aliphatic imine (C=N–C) groups is 2. The van der Waals surface area contributed by atoms with Gasteiger partial charge in [-0.3, -0.25) is 19.7 Å². The molecule has 1 aromatic heterocycles. The smallest absolute Gasteiger partial charge is 0.300 e. The van der Waals surface area contributed by atoms with Crippen molar-refractivity contribution in [3.63, 3.8) is 0 Å². The Balaban J connectivity index is 0.000000672.